The number of piperidine rings is 1. The van der Waals surface area contributed by atoms with Crippen molar-refractivity contribution in [3.05, 3.63) is 22.4 Å². The Morgan fingerprint density at radius 1 is 1.59 bits per heavy atom. The first kappa shape index (κ1) is 13.0. The summed E-state index contributed by atoms with van der Waals surface area (Å²) in [6, 6.07) is 5.42. The van der Waals surface area contributed by atoms with Gasteiger partial charge < -0.3 is 10.6 Å². The summed E-state index contributed by atoms with van der Waals surface area (Å²) >= 11 is 1.82. The van der Waals surface area contributed by atoms with Crippen molar-refractivity contribution in [3.63, 3.8) is 0 Å². The van der Waals surface area contributed by atoms with E-state index in [2.05, 4.69) is 41.4 Å². The van der Waals surface area contributed by atoms with Crippen LogP contribution < -0.4 is 5.73 Å². The topological polar surface area (TPSA) is 32.5 Å². The number of hydrogen-bond acceptors (Lipinski definition) is 4. The molecule has 2 unspecified atom stereocenters. The first-order valence-corrected chi connectivity index (χ1v) is 7.24. The maximum atomic E-state index is 5.97. The van der Waals surface area contributed by atoms with E-state index >= 15 is 0 Å². The number of nitrogens with two attached hydrogens (primary N) is 1. The lowest BCUT2D eigenvalue weighted by Crippen LogP contribution is -2.47. The van der Waals surface area contributed by atoms with Crippen LogP contribution in [0.4, 0.5) is 0 Å². The summed E-state index contributed by atoms with van der Waals surface area (Å²) in [6.07, 6.45) is 2.59. The van der Waals surface area contributed by atoms with Gasteiger partial charge in [0.25, 0.3) is 0 Å². The van der Waals surface area contributed by atoms with Crippen molar-refractivity contribution < 1.29 is 0 Å². The summed E-state index contributed by atoms with van der Waals surface area (Å²) in [6.45, 7) is 3.05. The molecule has 0 saturated carbocycles. The molecule has 17 heavy (non-hydrogen) atoms. The van der Waals surface area contributed by atoms with Crippen LogP contribution in [0.15, 0.2) is 17.5 Å². The summed E-state index contributed by atoms with van der Waals surface area (Å²) in [5.41, 5.74) is 5.97. The van der Waals surface area contributed by atoms with Gasteiger partial charge in [-0.3, -0.25) is 4.90 Å². The first-order chi connectivity index (χ1) is 8.22. The van der Waals surface area contributed by atoms with Crippen molar-refractivity contribution in [2.45, 2.75) is 24.9 Å². The van der Waals surface area contributed by atoms with Gasteiger partial charge in [0.2, 0.25) is 0 Å². The van der Waals surface area contributed by atoms with Crippen molar-refractivity contribution in [1.29, 1.82) is 0 Å². The van der Waals surface area contributed by atoms with E-state index < -0.39 is 0 Å². The molecule has 0 spiro atoms. The molecular weight excluding hydrogens is 230 g/mol. The molecule has 1 aromatic heterocycles. The molecule has 0 radical (unpaired) electrons. The van der Waals surface area contributed by atoms with Crippen LogP contribution in [0, 0.1) is 0 Å². The number of rotatable bonds is 4. The molecule has 1 aliphatic heterocycles. The number of hydrogen-bond donors (Lipinski definition) is 1. The molecule has 2 N–H and O–H groups in total. The van der Waals surface area contributed by atoms with Gasteiger partial charge in [0.1, 0.15) is 0 Å². The zero-order valence-corrected chi connectivity index (χ0v) is 11.6. The smallest absolute Gasteiger partial charge is 0.0564 e. The van der Waals surface area contributed by atoms with Gasteiger partial charge in [-0.1, -0.05) is 6.07 Å². The molecule has 1 fully saturated rings. The second kappa shape index (κ2) is 5.96. The van der Waals surface area contributed by atoms with E-state index in [4.69, 9.17) is 5.73 Å². The molecule has 0 bridgehead atoms. The third-order valence-corrected chi connectivity index (χ3v) is 4.67. The summed E-state index contributed by atoms with van der Waals surface area (Å²) < 4.78 is 0. The Hall–Kier alpha value is -0.420. The fourth-order valence-corrected chi connectivity index (χ4v) is 3.49. The van der Waals surface area contributed by atoms with Gasteiger partial charge in [-0.25, -0.2) is 0 Å². The minimum Gasteiger partial charge on any atom is -0.329 e. The van der Waals surface area contributed by atoms with Gasteiger partial charge in [0, 0.05) is 24.0 Å². The standard InChI is InChI=1S/C13H23N3S/c1-15(2)11-5-3-7-16(10-11)12(9-14)13-6-4-8-17-13/h4,6,8,11-12H,3,5,7,9-10,14H2,1-2H3. The van der Waals surface area contributed by atoms with Crippen LogP contribution in [-0.2, 0) is 0 Å². The lowest BCUT2D eigenvalue weighted by molar-refractivity contribution is 0.0997. The second-order valence-corrected chi connectivity index (χ2v) is 6.00. The van der Waals surface area contributed by atoms with E-state index in [9.17, 15) is 0 Å². The Labute approximate surface area is 108 Å². The third-order valence-electron chi connectivity index (χ3n) is 3.69. The van der Waals surface area contributed by atoms with Gasteiger partial charge >= 0.3 is 0 Å². The SMILES string of the molecule is CN(C)C1CCCN(C(CN)c2cccs2)C1. The van der Waals surface area contributed by atoms with Crippen molar-refractivity contribution in [3.8, 4) is 0 Å². The second-order valence-electron chi connectivity index (χ2n) is 5.02. The summed E-state index contributed by atoms with van der Waals surface area (Å²) in [7, 11) is 4.35. The average molecular weight is 253 g/mol. The van der Waals surface area contributed by atoms with Crippen LogP contribution >= 0.6 is 11.3 Å². The molecule has 0 aliphatic carbocycles. The largest absolute Gasteiger partial charge is 0.329 e. The monoisotopic (exact) mass is 253 g/mol. The van der Waals surface area contributed by atoms with Gasteiger partial charge in [0.15, 0.2) is 0 Å². The lowest BCUT2D eigenvalue weighted by Gasteiger charge is -2.39. The van der Waals surface area contributed by atoms with Crippen molar-refractivity contribution in [1.82, 2.24) is 9.80 Å². The van der Waals surface area contributed by atoms with E-state index in [1.54, 1.807) is 0 Å². The molecule has 2 atom stereocenters. The molecular formula is C13H23N3S. The van der Waals surface area contributed by atoms with Crippen LogP contribution in [0.1, 0.15) is 23.8 Å². The molecule has 1 aliphatic rings. The highest BCUT2D eigenvalue weighted by atomic mass is 32.1. The zero-order valence-electron chi connectivity index (χ0n) is 10.8. The Kier molecular flexibility index (Phi) is 4.56. The number of likely N-dealkylation sites (tertiary alicyclic amines) is 1. The summed E-state index contributed by atoms with van der Waals surface area (Å²) in [5, 5.41) is 2.14. The molecule has 1 saturated heterocycles. The van der Waals surface area contributed by atoms with Gasteiger partial charge in [-0.15, -0.1) is 11.3 Å². The Morgan fingerprint density at radius 3 is 3.00 bits per heavy atom. The minimum atomic E-state index is 0.415. The predicted molar refractivity (Wildman–Crippen MR) is 74.4 cm³/mol. The van der Waals surface area contributed by atoms with Gasteiger partial charge in [-0.05, 0) is 44.9 Å². The van der Waals surface area contributed by atoms with Crippen LogP contribution in [0.3, 0.4) is 0 Å². The fourth-order valence-electron chi connectivity index (χ4n) is 2.61. The highest BCUT2D eigenvalue weighted by Gasteiger charge is 2.27. The zero-order chi connectivity index (χ0) is 12.3. The normalized spacial score (nSPS) is 24.1. The van der Waals surface area contributed by atoms with E-state index in [1.807, 2.05) is 11.3 Å². The van der Waals surface area contributed by atoms with E-state index in [0.717, 1.165) is 13.1 Å². The molecule has 4 heteroatoms. The predicted octanol–water partition coefficient (Wildman–Crippen LogP) is 1.77. The Morgan fingerprint density at radius 2 is 2.41 bits per heavy atom. The third kappa shape index (κ3) is 3.07. The van der Waals surface area contributed by atoms with Crippen LogP contribution in [0.25, 0.3) is 0 Å². The first-order valence-electron chi connectivity index (χ1n) is 6.36. The lowest BCUT2D eigenvalue weighted by atomic mass is 10.0. The average Bonchev–Trinajstić information content (AvgIpc) is 2.84. The molecule has 96 valence electrons. The number of likely N-dealkylation sites (N-methyl/N-ethyl adjacent to an activating group) is 1. The summed E-state index contributed by atoms with van der Waals surface area (Å²) in [4.78, 5) is 6.31. The molecule has 0 aromatic carbocycles. The molecule has 1 aromatic rings. The molecule has 3 nitrogen and oxygen atoms in total. The number of nitrogens with zero attached hydrogens (tertiary/aromatic N) is 2. The van der Waals surface area contributed by atoms with Crippen molar-refractivity contribution in [2.75, 3.05) is 33.7 Å². The van der Waals surface area contributed by atoms with Crippen LogP contribution in [0.5, 0.6) is 0 Å². The Balaban J connectivity index is 2.04. The van der Waals surface area contributed by atoms with E-state index in [0.29, 0.717) is 12.1 Å². The summed E-state index contributed by atoms with van der Waals surface area (Å²) in [5.74, 6) is 0. The molecule has 0 amide bonds. The van der Waals surface area contributed by atoms with Gasteiger partial charge in [-0.2, -0.15) is 0 Å². The maximum Gasteiger partial charge on any atom is 0.0564 e. The fraction of sp³-hybridized carbons (Fsp3) is 0.692. The highest BCUT2D eigenvalue weighted by molar-refractivity contribution is 7.10. The minimum absolute atomic E-state index is 0.415. The quantitative estimate of drug-likeness (QED) is 0.888. The molecule has 2 heterocycles. The van der Waals surface area contributed by atoms with Crippen molar-refractivity contribution >= 4 is 11.3 Å². The highest BCUT2D eigenvalue weighted by Crippen LogP contribution is 2.27. The maximum absolute atomic E-state index is 5.97. The van der Waals surface area contributed by atoms with Gasteiger partial charge in [0.05, 0.1) is 6.04 Å². The van der Waals surface area contributed by atoms with Crippen LogP contribution in [0.2, 0.25) is 0 Å². The van der Waals surface area contributed by atoms with E-state index in [-0.39, 0.29) is 0 Å². The van der Waals surface area contributed by atoms with Crippen LogP contribution in [-0.4, -0.2) is 49.6 Å². The molecule has 2 rings (SSSR count). The van der Waals surface area contributed by atoms with Crippen molar-refractivity contribution in [2.24, 2.45) is 5.73 Å². The Bertz CT molecular complexity index is 323. The van der Waals surface area contributed by atoms with E-state index in [1.165, 1.54) is 24.3 Å². The number of thiophene rings is 1.